The first-order chi connectivity index (χ1) is 13.7. The standard InChI is InChI=1S/C22H24N2O2S2/c1-2-17(25)11-7-4-8-12-18(26)20-19(15-16-9-5-3-6-10-16)28-22(24-20)21-23-13-14-27-21/h3,5-6,9-10,13-14H,2,4,7-8,11-12,15H2,1H3. The smallest absolute Gasteiger partial charge is 0.182 e. The van der Waals surface area contributed by atoms with Crippen molar-refractivity contribution in [1.82, 2.24) is 9.97 Å². The first-order valence-corrected chi connectivity index (χ1v) is 11.4. The Bertz CT molecular complexity index is 902. The Balaban J connectivity index is 1.69. The van der Waals surface area contributed by atoms with E-state index in [9.17, 15) is 9.59 Å². The van der Waals surface area contributed by atoms with Crippen LogP contribution in [0.15, 0.2) is 41.9 Å². The molecule has 0 radical (unpaired) electrons. The van der Waals surface area contributed by atoms with Crippen LogP contribution in [0.4, 0.5) is 0 Å². The van der Waals surface area contributed by atoms with E-state index in [-0.39, 0.29) is 5.78 Å². The van der Waals surface area contributed by atoms with Gasteiger partial charge >= 0.3 is 0 Å². The molecule has 28 heavy (non-hydrogen) atoms. The van der Waals surface area contributed by atoms with Crippen molar-refractivity contribution >= 4 is 34.2 Å². The molecule has 2 heterocycles. The Morgan fingerprint density at radius 2 is 1.79 bits per heavy atom. The Kier molecular flexibility index (Phi) is 7.62. The molecule has 0 fully saturated rings. The predicted molar refractivity (Wildman–Crippen MR) is 115 cm³/mol. The van der Waals surface area contributed by atoms with E-state index in [1.54, 1.807) is 17.5 Å². The van der Waals surface area contributed by atoms with E-state index in [0.29, 0.717) is 37.2 Å². The summed E-state index contributed by atoms with van der Waals surface area (Å²) in [4.78, 5) is 34.2. The van der Waals surface area contributed by atoms with Crippen LogP contribution in [-0.4, -0.2) is 21.5 Å². The summed E-state index contributed by atoms with van der Waals surface area (Å²) >= 11 is 3.10. The predicted octanol–water partition coefficient (Wildman–Crippen LogP) is 5.97. The van der Waals surface area contributed by atoms with Crippen LogP contribution in [0, 0.1) is 0 Å². The molecule has 3 rings (SSSR count). The van der Waals surface area contributed by atoms with Gasteiger partial charge < -0.3 is 0 Å². The van der Waals surface area contributed by atoms with Crippen LogP contribution in [0.1, 0.15) is 66.4 Å². The van der Waals surface area contributed by atoms with E-state index in [0.717, 1.165) is 34.2 Å². The zero-order valence-corrected chi connectivity index (χ0v) is 17.7. The third-order valence-corrected chi connectivity index (χ3v) is 6.51. The normalized spacial score (nSPS) is 10.9. The summed E-state index contributed by atoms with van der Waals surface area (Å²) in [5.74, 6) is 0.385. The molecular weight excluding hydrogens is 388 g/mol. The number of carbonyl (C=O) groups excluding carboxylic acids is 2. The largest absolute Gasteiger partial charge is 0.300 e. The lowest BCUT2D eigenvalue weighted by Crippen LogP contribution is -2.04. The van der Waals surface area contributed by atoms with Gasteiger partial charge in [0, 0.05) is 42.1 Å². The summed E-state index contributed by atoms with van der Waals surface area (Å²) in [7, 11) is 0. The summed E-state index contributed by atoms with van der Waals surface area (Å²) in [5.41, 5.74) is 1.76. The zero-order valence-electron chi connectivity index (χ0n) is 16.0. The molecule has 0 aliphatic carbocycles. The fraction of sp³-hybridized carbons (Fsp3) is 0.364. The molecule has 3 aromatic rings. The molecule has 0 aliphatic heterocycles. The van der Waals surface area contributed by atoms with Crippen molar-refractivity contribution in [3.63, 3.8) is 0 Å². The summed E-state index contributed by atoms with van der Waals surface area (Å²) in [6, 6.07) is 10.2. The van der Waals surface area contributed by atoms with Gasteiger partial charge in [0.05, 0.1) is 0 Å². The second-order valence-electron chi connectivity index (χ2n) is 6.67. The quantitative estimate of drug-likeness (QED) is 0.287. The topological polar surface area (TPSA) is 59.9 Å². The number of hydrogen-bond acceptors (Lipinski definition) is 6. The van der Waals surface area contributed by atoms with Gasteiger partial charge in [0.1, 0.15) is 11.5 Å². The highest BCUT2D eigenvalue weighted by Crippen LogP contribution is 2.32. The zero-order chi connectivity index (χ0) is 19.8. The first-order valence-electron chi connectivity index (χ1n) is 9.65. The van der Waals surface area contributed by atoms with E-state index in [1.807, 2.05) is 30.5 Å². The van der Waals surface area contributed by atoms with Gasteiger partial charge in [0.2, 0.25) is 0 Å². The number of benzene rings is 1. The van der Waals surface area contributed by atoms with E-state index < -0.39 is 0 Å². The molecule has 0 saturated carbocycles. The van der Waals surface area contributed by atoms with Crippen LogP contribution in [0.5, 0.6) is 0 Å². The highest BCUT2D eigenvalue weighted by Gasteiger charge is 2.20. The Morgan fingerprint density at radius 1 is 1.00 bits per heavy atom. The number of thiazole rings is 2. The number of nitrogens with zero attached hydrogens (tertiary/aromatic N) is 2. The number of hydrogen-bond donors (Lipinski definition) is 0. The Labute approximate surface area is 173 Å². The average Bonchev–Trinajstić information content (AvgIpc) is 3.38. The van der Waals surface area contributed by atoms with Crippen molar-refractivity contribution in [1.29, 1.82) is 0 Å². The molecule has 0 amide bonds. The molecule has 0 atom stereocenters. The third-order valence-electron chi connectivity index (χ3n) is 4.54. The molecule has 0 unspecified atom stereocenters. The van der Waals surface area contributed by atoms with E-state index in [1.165, 1.54) is 16.9 Å². The monoisotopic (exact) mass is 412 g/mol. The highest BCUT2D eigenvalue weighted by molar-refractivity contribution is 7.20. The molecule has 0 saturated heterocycles. The van der Waals surface area contributed by atoms with Crippen LogP contribution in [0.2, 0.25) is 0 Å². The molecule has 4 nitrogen and oxygen atoms in total. The van der Waals surface area contributed by atoms with Crippen LogP contribution in [-0.2, 0) is 11.2 Å². The van der Waals surface area contributed by atoms with Crippen molar-refractivity contribution in [2.45, 2.75) is 51.9 Å². The minimum absolute atomic E-state index is 0.0896. The number of Topliss-reactive ketones (excluding diaryl/α,β-unsaturated/α-hetero) is 2. The minimum Gasteiger partial charge on any atom is -0.300 e. The Hall–Kier alpha value is -2.18. The van der Waals surface area contributed by atoms with Crippen LogP contribution in [0.25, 0.3) is 10.0 Å². The van der Waals surface area contributed by atoms with Crippen molar-refractivity contribution in [2.24, 2.45) is 0 Å². The number of aromatic nitrogens is 2. The lowest BCUT2D eigenvalue weighted by molar-refractivity contribution is -0.118. The molecule has 146 valence electrons. The number of carbonyl (C=O) groups is 2. The van der Waals surface area contributed by atoms with Gasteiger partial charge in [0.15, 0.2) is 15.8 Å². The lowest BCUT2D eigenvalue weighted by atomic mass is 10.0. The SMILES string of the molecule is CCC(=O)CCCCCC(=O)c1nc(-c2nccs2)sc1Cc1ccccc1. The van der Waals surface area contributed by atoms with Gasteiger partial charge in [-0.3, -0.25) is 9.59 Å². The summed E-state index contributed by atoms with van der Waals surface area (Å²) in [5, 5.41) is 3.60. The summed E-state index contributed by atoms with van der Waals surface area (Å²) in [6.07, 6.45) is 6.71. The van der Waals surface area contributed by atoms with Gasteiger partial charge in [-0.05, 0) is 18.4 Å². The van der Waals surface area contributed by atoms with Crippen LogP contribution < -0.4 is 0 Å². The highest BCUT2D eigenvalue weighted by atomic mass is 32.1. The third kappa shape index (κ3) is 5.66. The maximum atomic E-state index is 12.9. The Morgan fingerprint density at radius 3 is 2.50 bits per heavy atom. The molecule has 0 aliphatic rings. The van der Waals surface area contributed by atoms with E-state index >= 15 is 0 Å². The average molecular weight is 413 g/mol. The molecule has 2 aromatic heterocycles. The van der Waals surface area contributed by atoms with Crippen LogP contribution >= 0.6 is 22.7 Å². The lowest BCUT2D eigenvalue weighted by Gasteiger charge is -2.03. The summed E-state index contributed by atoms with van der Waals surface area (Å²) in [6.45, 7) is 1.89. The minimum atomic E-state index is 0.0896. The molecule has 1 aromatic carbocycles. The molecule has 0 N–H and O–H groups in total. The van der Waals surface area contributed by atoms with Gasteiger partial charge in [-0.2, -0.15) is 0 Å². The fourth-order valence-electron chi connectivity index (χ4n) is 2.97. The van der Waals surface area contributed by atoms with Crippen molar-refractivity contribution < 1.29 is 9.59 Å². The van der Waals surface area contributed by atoms with E-state index in [4.69, 9.17) is 0 Å². The maximum absolute atomic E-state index is 12.9. The summed E-state index contributed by atoms with van der Waals surface area (Å²) < 4.78 is 0. The van der Waals surface area contributed by atoms with E-state index in [2.05, 4.69) is 22.1 Å². The maximum Gasteiger partial charge on any atom is 0.182 e. The second-order valence-corrected chi connectivity index (χ2v) is 8.64. The van der Waals surface area contributed by atoms with Gasteiger partial charge in [-0.15, -0.1) is 22.7 Å². The molecule has 0 bridgehead atoms. The van der Waals surface area contributed by atoms with Gasteiger partial charge in [-0.25, -0.2) is 9.97 Å². The molecule has 0 spiro atoms. The van der Waals surface area contributed by atoms with Gasteiger partial charge in [0.25, 0.3) is 0 Å². The van der Waals surface area contributed by atoms with Gasteiger partial charge in [-0.1, -0.05) is 43.7 Å². The van der Waals surface area contributed by atoms with Crippen molar-refractivity contribution in [2.75, 3.05) is 0 Å². The first kappa shape index (κ1) is 20.6. The second kappa shape index (κ2) is 10.4. The van der Waals surface area contributed by atoms with Crippen molar-refractivity contribution in [3.05, 3.63) is 58.0 Å². The number of unbranched alkanes of at least 4 members (excludes halogenated alkanes) is 2. The molecule has 6 heteroatoms. The number of ketones is 2. The fourth-order valence-corrected chi connectivity index (χ4v) is 4.76. The molecular formula is C22H24N2O2S2. The number of rotatable bonds is 11. The van der Waals surface area contributed by atoms with Crippen molar-refractivity contribution in [3.8, 4) is 10.0 Å². The van der Waals surface area contributed by atoms with Crippen LogP contribution in [0.3, 0.4) is 0 Å².